The number of rotatable bonds is 7. The topological polar surface area (TPSA) is 82.1 Å². The van der Waals surface area contributed by atoms with Crippen molar-refractivity contribution in [3.05, 3.63) is 28.7 Å². The fraction of sp³-hybridized carbons (Fsp3) is 0.550. The molecule has 0 spiro atoms. The number of halogens is 1. The SMILES string of the molecule is CC(C)C(=O)OC(OC(=O)C(C)C)[C@H]1CC[C@H](C=O)ON1c1ccc(Br)cc1. The fourth-order valence-electron chi connectivity index (χ4n) is 2.59. The quantitative estimate of drug-likeness (QED) is 0.352. The molecule has 28 heavy (non-hydrogen) atoms. The number of benzene rings is 1. The van der Waals surface area contributed by atoms with E-state index in [1.807, 2.05) is 12.1 Å². The summed E-state index contributed by atoms with van der Waals surface area (Å²) in [5, 5.41) is 1.50. The molecule has 0 unspecified atom stereocenters. The van der Waals surface area contributed by atoms with Gasteiger partial charge in [0.2, 0.25) is 0 Å². The average molecular weight is 456 g/mol. The Balaban J connectivity index is 2.34. The minimum Gasteiger partial charge on any atom is -0.423 e. The summed E-state index contributed by atoms with van der Waals surface area (Å²) < 4.78 is 11.9. The van der Waals surface area contributed by atoms with Gasteiger partial charge in [0.1, 0.15) is 12.1 Å². The normalized spacial score (nSPS) is 19.8. The molecule has 0 saturated carbocycles. The van der Waals surface area contributed by atoms with E-state index in [1.54, 1.807) is 39.8 Å². The van der Waals surface area contributed by atoms with Gasteiger partial charge in [-0.15, -0.1) is 0 Å². The molecule has 0 radical (unpaired) electrons. The van der Waals surface area contributed by atoms with Crippen molar-refractivity contribution >= 4 is 39.8 Å². The van der Waals surface area contributed by atoms with E-state index in [0.717, 1.165) is 10.8 Å². The average Bonchev–Trinajstić information content (AvgIpc) is 2.67. The van der Waals surface area contributed by atoms with Gasteiger partial charge in [-0.2, -0.15) is 0 Å². The number of nitrogens with zero attached hydrogens (tertiary/aromatic N) is 1. The van der Waals surface area contributed by atoms with Crippen LogP contribution < -0.4 is 5.06 Å². The molecule has 0 amide bonds. The number of hydrogen-bond donors (Lipinski definition) is 0. The van der Waals surface area contributed by atoms with Crippen molar-refractivity contribution < 1.29 is 28.7 Å². The Bertz CT molecular complexity index is 668. The molecule has 1 aromatic carbocycles. The maximum atomic E-state index is 12.2. The van der Waals surface area contributed by atoms with Gasteiger partial charge in [-0.3, -0.25) is 14.4 Å². The maximum Gasteiger partial charge on any atom is 0.311 e. The third-order valence-corrected chi connectivity index (χ3v) is 4.78. The number of ether oxygens (including phenoxy) is 2. The number of carbonyl (C=O) groups excluding carboxylic acids is 3. The second-order valence-electron chi connectivity index (χ2n) is 7.28. The zero-order valence-corrected chi connectivity index (χ0v) is 18.0. The fourth-order valence-corrected chi connectivity index (χ4v) is 2.86. The Morgan fingerprint density at radius 2 is 1.61 bits per heavy atom. The first-order chi connectivity index (χ1) is 13.2. The number of hydroxylamine groups is 1. The largest absolute Gasteiger partial charge is 0.423 e. The lowest BCUT2D eigenvalue weighted by molar-refractivity contribution is -0.204. The van der Waals surface area contributed by atoms with Gasteiger partial charge in [-0.05, 0) is 37.1 Å². The highest BCUT2D eigenvalue weighted by atomic mass is 79.9. The number of hydrogen-bond acceptors (Lipinski definition) is 7. The second-order valence-corrected chi connectivity index (χ2v) is 8.19. The highest BCUT2D eigenvalue weighted by Crippen LogP contribution is 2.31. The van der Waals surface area contributed by atoms with Crippen molar-refractivity contribution in [1.82, 2.24) is 0 Å². The van der Waals surface area contributed by atoms with Gasteiger partial charge >= 0.3 is 11.9 Å². The van der Waals surface area contributed by atoms with E-state index >= 15 is 0 Å². The van der Waals surface area contributed by atoms with Gasteiger partial charge in [0.25, 0.3) is 6.29 Å². The van der Waals surface area contributed by atoms with Crippen LogP contribution in [0.4, 0.5) is 5.69 Å². The summed E-state index contributed by atoms with van der Waals surface area (Å²) in [4.78, 5) is 41.5. The van der Waals surface area contributed by atoms with Crippen LogP contribution in [-0.2, 0) is 28.7 Å². The molecule has 1 aromatic rings. The third kappa shape index (κ3) is 5.78. The summed E-state index contributed by atoms with van der Waals surface area (Å²) in [5.41, 5.74) is 0.658. The lowest BCUT2D eigenvalue weighted by atomic mass is 10.0. The van der Waals surface area contributed by atoms with Crippen molar-refractivity contribution in [3.8, 4) is 0 Å². The highest BCUT2D eigenvalue weighted by molar-refractivity contribution is 9.10. The van der Waals surface area contributed by atoms with E-state index in [-0.39, 0.29) is 11.8 Å². The van der Waals surface area contributed by atoms with E-state index in [0.29, 0.717) is 18.5 Å². The molecule has 0 aliphatic carbocycles. The van der Waals surface area contributed by atoms with Gasteiger partial charge in [-0.25, -0.2) is 5.06 Å². The molecule has 154 valence electrons. The standard InChI is InChI=1S/C20H26BrNO6/c1-12(2)18(24)26-20(27-19(25)13(3)4)17-10-9-16(11-23)28-22(17)15-7-5-14(21)6-8-15/h5-8,11-13,16-17,20H,9-10H2,1-4H3/t16-,17-/m1/s1. The Morgan fingerprint density at radius 3 is 2.07 bits per heavy atom. The monoisotopic (exact) mass is 455 g/mol. The predicted octanol–water partition coefficient (Wildman–Crippen LogP) is 3.64. The summed E-state index contributed by atoms with van der Waals surface area (Å²) in [7, 11) is 0. The Hall–Kier alpha value is -1.93. The smallest absolute Gasteiger partial charge is 0.311 e. The lowest BCUT2D eigenvalue weighted by Crippen LogP contribution is -2.53. The van der Waals surface area contributed by atoms with Crippen LogP contribution in [0, 0.1) is 11.8 Å². The maximum absolute atomic E-state index is 12.2. The Labute approximate surface area is 173 Å². The van der Waals surface area contributed by atoms with Crippen molar-refractivity contribution in [1.29, 1.82) is 0 Å². The third-order valence-electron chi connectivity index (χ3n) is 4.25. The first-order valence-corrected chi connectivity index (χ1v) is 10.1. The molecular weight excluding hydrogens is 430 g/mol. The van der Waals surface area contributed by atoms with Crippen molar-refractivity contribution in [2.45, 2.75) is 59.0 Å². The van der Waals surface area contributed by atoms with E-state index in [2.05, 4.69) is 15.9 Å². The van der Waals surface area contributed by atoms with Gasteiger partial charge in [0, 0.05) is 4.47 Å². The van der Waals surface area contributed by atoms with Crippen molar-refractivity contribution in [3.63, 3.8) is 0 Å². The first kappa shape index (κ1) is 22.4. The number of aldehydes is 1. The Morgan fingerprint density at radius 1 is 1.07 bits per heavy atom. The van der Waals surface area contributed by atoms with Crippen LogP contribution in [0.5, 0.6) is 0 Å². The van der Waals surface area contributed by atoms with Crippen LogP contribution in [0.15, 0.2) is 28.7 Å². The molecule has 2 rings (SSSR count). The van der Waals surface area contributed by atoms with Crippen LogP contribution in [0.25, 0.3) is 0 Å². The molecule has 1 aliphatic heterocycles. The van der Waals surface area contributed by atoms with Gasteiger partial charge < -0.3 is 14.3 Å². The molecule has 1 heterocycles. The molecule has 2 atom stereocenters. The minimum absolute atomic E-state index is 0.381. The lowest BCUT2D eigenvalue weighted by Gasteiger charge is -2.41. The zero-order valence-electron chi connectivity index (χ0n) is 16.5. The molecule has 0 aromatic heterocycles. The molecule has 1 saturated heterocycles. The van der Waals surface area contributed by atoms with Crippen LogP contribution in [-0.4, -0.2) is 36.7 Å². The van der Waals surface area contributed by atoms with E-state index in [1.165, 1.54) is 5.06 Å². The van der Waals surface area contributed by atoms with E-state index < -0.39 is 30.4 Å². The van der Waals surface area contributed by atoms with Gasteiger partial charge in [0.15, 0.2) is 6.29 Å². The molecule has 1 fully saturated rings. The zero-order chi connectivity index (χ0) is 20.8. The van der Waals surface area contributed by atoms with E-state index in [9.17, 15) is 14.4 Å². The summed E-state index contributed by atoms with van der Waals surface area (Å²) in [6.07, 6.45) is -0.169. The molecule has 0 N–H and O–H groups in total. The number of carbonyl (C=O) groups is 3. The van der Waals surface area contributed by atoms with Crippen molar-refractivity contribution in [2.75, 3.05) is 5.06 Å². The summed E-state index contributed by atoms with van der Waals surface area (Å²) >= 11 is 3.38. The minimum atomic E-state index is -1.15. The van der Waals surface area contributed by atoms with Crippen LogP contribution in [0.1, 0.15) is 40.5 Å². The molecular formula is C20H26BrNO6. The van der Waals surface area contributed by atoms with E-state index in [4.69, 9.17) is 14.3 Å². The van der Waals surface area contributed by atoms with Crippen LogP contribution >= 0.6 is 15.9 Å². The number of esters is 2. The van der Waals surface area contributed by atoms with Gasteiger partial charge in [0.05, 0.1) is 17.5 Å². The molecule has 7 nitrogen and oxygen atoms in total. The molecule has 0 bridgehead atoms. The summed E-state index contributed by atoms with van der Waals surface area (Å²) in [5.74, 6) is -1.72. The molecule has 1 aliphatic rings. The summed E-state index contributed by atoms with van der Waals surface area (Å²) in [6.45, 7) is 6.82. The first-order valence-electron chi connectivity index (χ1n) is 9.30. The molecule has 8 heteroatoms. The van der Waals surface area contributed by atoms with Crippen LogP contribution in [0.3, 0.4) is 0 Å². The van der Waals surface area contributed by atoms with Gasteiger partial charge in [-0.1, -0.05) is 43.6 Å². The van der Waals surface area contributed by atoms with Crippen LogP contribution in [0.2, 0.25) is 0 Å². The predicted molar refractivity (Wildman–Crippen MR) is 106 cm³/mol. The second kappa shape index (κ2) is 10.0. The Kier molecular flexibility index (Phi) is 8.00. The van der Waals surface area contributed by atoms with Crippen molar-refractivity contribution in [2.24, 2.45) is 11.8 Å². The summed E-state index contributed by atoms with van der Waals surface area (Å²) in [6, 6.07) is 6.68. The number of anilines is 1. The highest BCUT2D eigenvalue weighted by Gasteiger charge is 2.40.